The Bertz CT molecular complexity index is 555. The van der Waals surface area contributed by atoms with E-state index in [1.807, 2.05) is 41.3 Å². The zero-order valence-electron chi connectivity index (χ0n) is 11.5. The van der Waals surface area contributed by atoms with Gasteiger partial charge in [0.15, 0.2) is 0 Å². The monoisotopic (exact) mass is 305 g/mol. The lowest BCUT2D eigenvalue weighted by atomic mass is 10.0. The fourth-order valence-corrected chi connectivity index (χ4v) is 5.26. The van der Waals surface area contributed by atoms with Crippen LogP contribution in [-0.2, 0) is 0 Å². The zero-order chi connectivity index (χ0) is 13.9. The van der Waals surface area contributed by atoms with E-state index in [0.717, 1.165) is 12.0 Å². The number of hydrogen-bond acceptors (Lipinski definition) is 4. The van der Waals surface area contributed by atoms with Crippen LogP contribution >= 0.6 is 23.1 Å². The molecule has 0 spiro atoms. The maximum Gasteiger partial charge on any atom is 0.0649 e. The van der Waals surface area contributed by atoms with Crippen LogP contribution in [0.15, 0.2) is 46.0 Å². The Kier molecular flexibility index (Phi) is 4.46. The van der Waals surface area contributed by atoms with Crippen molar-refractivity contribution in [3.8, 4) is 0 Å². The summed E-state index contributed by atoms with van der Waals surface area (Å²) in [5.74, 6) is 0. The second-order valence-corrected chi connectivity index (χ2v) is 7.82. The van der Waals surface area contributed by atoms with Gasteiger partial charge >= 0.3 is 0 Å². The molecule has 1 aliphatic rings. The van der Waals surface area contributed by atoms with E-state index in [2.05, 4.69) is 35.8 Å². The molecule has 0 fully saturated rings. The van der Waals surface area contributed by atoms with Gasteiger partial charge in [-0.05, 0) is 29.0 Å². The van der Waals surface area contributed by atoms with Gasteiger partial charge in [-0.25, -0.2) is 0 Å². The molecule has 0 saturated carbocycles. The van der Waals surface area contributed by atoms with E-state index in [-0.39, 0.29) is 12.6 Å². The lowest BCUT2D eigenvalue weighted by molar-refractivity contribution is 0.230. The summed E-state index contributed by atoms with van der Waals surface area (Å²) in [5.41, 5.74) is 2.55. The molecular weight excluding hydrogens is 286 g/mol. The number of nitrogens with one attached hydrogen (secondary N) is 1. The Morgan fingerprint density at radius 2 is 2.10 bits per heavy atom. The van der Waals surface area contributed by atoms with Crippen LogP contribution in [0.1, 0.15) is 36.6 Å². The third-order valence-electron chi connectivity index (χ3n) is 3.70. The van der Waals surface area contributed by atoms with Gasteiger partial charge in [0, 0.05) is 11.3 Å². The molecule has 1 aromatic carbocycles. The Balaban J connectivity index is 1.80. The van der Waals surface area contributed by atoms with E-state index < -0.39 is 0 Å². The number of rotatable bonds is 4. The van der Waals surface area contributed by atoms with Crippen LogP contribution in [0.2, 0.25) is 0 Å². The van der Waals surface area contributed by atoms with E-state index in [0.29, 0.717) is 11.3 Å². The van der Waals surface area contributed by atoms with Crippen LogP contribution in [0, 0.1) is 0 Å². The first-order valence-corrected chi connectivity index (χ1v) is 8.69. The van der Waals surface area contributed by atoms with Crippen molar-refractivity contribution in [1.82, 2.24) is 5.32 Å². The highest BCUT2D eigenvalue weighted by molar-refractivity contribution is 8.01. The van der Waals surface area contributed by atoms with E-state index >= 15 is 0 Å². The molecule has 3 atom stereocenters. The molecule has 1 aliphatic heterocycles. The largest absolute Gasteiger partial charge is 0.394 e. The van der Waals surface area contributed by atoms with Crippen LogP contribution in [0.25, 0.3) is 0 Å². The van der Waals surface area contributed by atoms with E-state index in [4.69, 9.17) is 0 Å². The molecule has 0 bridgehead atoms. The minimum Gasteiger partial charge on any atom is -0.394 e. The molecule has 2 N–H and O–H groups in total. The second-order valence-electron chi connectivity index (χ2n) is 5.19. The highest BCUT2D eigenvalue weighted by atomic mass is 32.2. The van der Waals surface area contributed by atoms with Crippen molar-refractivity contribution in [2.24, 2.45) is 0 Å². The van der Waals surface area contributed by atoms with Crippen molar-refractivity contribution in [1.29, 1.82) is 0 Å². The van der Waals surface area contributed by atoms with Gasteiger partial charge in [0.1, 0.15) is 0 Å². The van der Waals surface area contributed by atoms with Crippen LogP contribution in [0.5, 0.6) is 0 Å². The van der Waals surface area contributed by atoms with Crippen molar-refractivity contribution in [2.75, 3.05) is 6.61 Å². The zero-order valence-corrected chi connectivity index (χ0v) is 13.1. The summed E-state index contributed by atoms with van der Waals surface area (Å²) in [6.45, 7) is 2.40. The molecule has 4 heteroatoms. The van der Waals surface area contributed by atoms with Crippen molar-refractivity contribution in [2.45, 2.75) is 34.9 Å². The molecule has 0 radical (unpaired) electrons. The van der Waals surface area contributed by atoms with Crippen molar-refractivity contribution >= 4 is 23.1 Å². The fourth-order valence-electron chi connectivity index (χ4n) is 2.69. The summed E-state index contributed by atoms with van der Waals surface area (Å²) in [5, 5.41) is 16.1. The molecule has 0 aliphatic carbocycles. The second kappa shape index (κ2) is 6.31. The molecule has 2 aromatic rings. The first-order valence-electron chi connectivity index (χ1n) is 6.94. The van der Waals surface area contributed by atoms with Crippen LogP contribution in [0.4, 0.5) is 0 Å². The Morgan fingerprint density at radius 3 is 2.85 bits per heavy atom. The molecule has 1 aromatic heterocycles. The number of fused-ring (bicyclic) bond motifs is 1. The van der Waals surface area contributed by atoms with Gasteiger partial charge in [0.05, 0.1) is 16.9 Å². The number of aliphatic hydroxyl groups is 1. The highest BCUT2D eigenvalue weighted by Crippen LogP contribution is 2.44. The third kappa shape index (κ3) is 2.93. The predicted molar refractivity (Wildman–Crippen MR) is 86.4 cm³/mol. The summed E-state index contributed by atoms with van der Waals surface area (Å²) in [7, 11) is 0. The van der Waals surface area contributed by atoms with Gasteiger partial charge < -0.3 is 10.4 Å². The van der Waals surface area contributed by atoms with Gasteiger partial charge in [0.25, 0.3) is 0 Å². The standard InChI is InChI=1S/C16H19NOS2/c1-11-9-14(13-7-8-19-16(13)20-11)17-15(10-18)12-5-3-2-4-6-12/h2-8,11,14-15,17-18H,9-10H2,1H3/t11-,14?,15+/m0/s1. The Hall–Kier alpha value is -0.810. The van der Waals surface area contributed by atoms with Gasteiger partial charge in [-0.2, -0.15) is 0 Å². The Morgan fingerprint density at radius 1 is 1.30 bits per heavy atom. The SMILES string of the molecule is C[C@H]1CC(N[C@H](CO)c2ccccc2)c2ccsc2S1. The van der Waals surface area contributed by atoms with Gasteiger partial charge in [-0.15, -0.1) is 23.1 Å². The third-order valence-corrected chi connectivity index (χ3v) is 6.04. The summed E-state index contributed by atoms with van der Waals surface area (Å²) in [4.78, 5) is 0. The van der Waals surface area contributed by atoms with Crippen LogP contribution < -0.4 is 5.32 Å². The quantitative estimate of drug-likeness (QED) is 0.895. The maximum atomic E-state index is 9.71. The molecular formula is C16H19NOS2. The lowest BCUT2D eigenvalue weighted by Gasteiger charge is -2.31. The molecule has 106 valence electrons. The fraction of sp³-hybridized carbons (Fsp3) is 0.375. The number of thioether (sulfide) groups is 1. The van der Waals surface area contributed by atoms with E-state index in [9.17, 15) is 5.11 Å². The normalized spacial score (nSPS) is 23.3. The minimum absolute atomic E-state index is 0.00394. The number of aliphatic hydroxyl groups excluding tert-OH is 1. The molecule has 0 saturated heterocycles. The minimum atomic E-state index is 0.00394. The molecule has 1 unspecified atom stereocenters. The average Bonchev–Trinajstić information content (AvgIpc) is 2.93. The number of hydrogen-bond donors (Lipinski definition) is 2. The molecule has 2 heterocycles. The number of thiophene rings is 1. The van der Waals surface area contributed by atoms with E-state index in [1.54, 1.807) is 0 Å². The Labute approximate surface area is 128 Å². The van der Waals surface area contributed by atoms with Crippen molar-refractivity contribution < 1.29 is 5.11 Å². The highest BCUT2D eigenvalue weighted by Gasteiger charge is 2.28. The molecule has 20 heavy (non-hydrogen) atoms. The maximum absolute atomic E-state index is 9.71. The topological polar surface area (TPSA) is 32.3 Å². The van der Waals surface area contributed by atoms with Gasteiger partial charge in [0.2, 0.25) is 0 Å². The molecule has 2 nitrogen and oxygen atoms in total. The van der Waals surface area contributed by atoms with Crippen molar-refractivity contribution in [3.63, 3.8) is 0 Å². The van der Waals surface area contributed by atoms with Gasteiger partial charge in [-0.1, -0.05) is 37.3 Å². The van der Waals surface area contributed by atoms with Gasteiger partial charge in [-0.3, -0.25) is 0 Å². The molecule has 0 amide bonds. The average molecular weight is 305 g/mol. The van der Waals surface area contributed by atoms with E-state index in [1.165, 1.54) is 9.77 Å². The number of benzene rings is 1. The first-order chi connectivity index (χ1) is 9.78. The predicted octanol–water partition coefficient (Wildman–Crippen LogP) is 4.00. The lowest BCUT2D eigenvalue weighted by Crippen LogP contribution is -2.32. The summed E-state index contributed by atoms with van der Waals surface area (Å²) in [6.07, 6.45) is 1.11. The summed E-state index contributed by atoms with van der Waals surface area (Å²) < 4.78 is 1.42. The smallest absolute Gasteiger partial charge is 0.0649 e. The van der Waals surface area contributed by atoms with Crippen molar-refractivity contribution in [3.05, 3.63) is 52.9 Å². The molecule has 3 rings (SSSR count). The summed E-state index contributed by atoms with van der Waals surface area (Å²) in [6, 6.07) is 12.8. The first kappa shape index (κ1) is 14.1. The summed E-state index contributed by atoms with van der Waals surface area (Å²) >= 11 is 3.79. The van der Waals surface area contributed by atoms with Crippen LogP contribution in [-0.4, -0.2) is 17.0 Å². The van der Waals surface area contributed by atoms with Crippen LogP contribution in [0.3, 0.4) is 0 Å².